The third kappa shape index (κ3) is 8.25. The number of hydrogen-bond donors (Lipinski definition) is 1. The van der Waals surface area contributed by atoms with E-state index in [2.05, 4.69) is 5.32 Å². The molecular weight excluding hydrogens is 578 g/mol. The van der Waals surface area contributed by atoms with Gasteiger partial charge < -0.3 is 10.2 Å². The highest BCUT2D eigenvalue weighted by molar-refractivity contribution is 7.92. The molecule has 0 radical (unpaired) electrons. The van der Waals surface area contributed by atoms with Gasteiger partial charge in [0.1, 0.15) is 12.6 Å². The van der Waals surface area contributed by atoms with Gasteiger partial charge in [-0.15, -0.1) is 0 Å². The summed E-state index contributed by atoms with van der Waals surface area (Å²) >= 11 is 11.7. The molecule has 2 amide bonds. The molecular formula is C26H30Cl2F3N3O4S. The summed E-state index contributed by atoms with van der Waals surface area (Å²) in [5.41, 5.74) is -0.975. The quantitative estimate of drug-likeness (QED) is 0.378. The van der Waals surface area contributed by atoms with Crippen LogP contribution in [0.3, 0.4) is 0 Å². The zero-order valence-electron chi connectivity index (χ0n) is 21.5. The Balaban J connectivity index is 1.97. The van der Waals surface area contributed by atoms with E-state index < -0.39 is 45.3 Å². The van der Waals surface area contributed by atoms with Gasteiger partial charge in [-0.05, 0) is 55.2 Å². The van der Waals surface area contributed by atoms with Gasteiger partial charge in [0.15, 0.2) is 0 Å². The minimum absolute atomic E-state index is 0.0126. The standard InChI is InChI=1S/C26H30Cl2F3N3O4S/c1-3-23(25(36)32-19-6-4-5-7-19)33(15-17-8-10-18(27)11-9-17)24(35)16-34(39(2,37)38)20-12-13-22(28)21(14-20)26(29,30)31/h8-14,19,23H,3-7,15-16H2,1-2H3,(H,32,36)/t23-/m1/s1. The summed E-state index contributed by atoms with van der Waals surface area (Å²) in [7, 11) is -4.21. The van der Waals surface area contributed by atoms with Gasteiger partial charge in [-0.3, -0.25) is 13.9 Å². The monoisotopic (exact) mass is 607 g/mol. The molecule has 13 heteroatoms. The summed E-state index contributed by atoms with van der Waals surface area (Å²) in [5.74, 6) is -1.13. The number of sulfonamides is 1. The topological polar surface area (TPSA) is 86.8 Å². The van der Waals surface area contributed by atoms with Crippen LogP contribution in [0.1, 0.15) is 50.2 Å². The zero-order chi connectivity index (χ0) is 29.0. The molecule has 2 aromatic carbocycles. The maximum Gasteiger partial charge on any atom is 0.417 e. The average Bonchev–Trinajstić information content (AvgIpc) is 3.35. The van der Waals surface area contributed by atoms with Crippen LogP contribution in [0.2, 0.25) is 10.0 Å². The minimum atomic E-state index is -4.84. The second-order valence-electron chi connectivity index (χ2n) is 9.49. The number of hydrogen-bond acceptors (Lipinski definition) is 4. The summed E-state index contributed by atoms with van der Waals surface area (Å²) in [5, 5.41) is 2.84. The van der Waals surface area contributed by atoms with Crippen LogP contribution >= 0.6 is 23.2 Å². The lowest BCUT2D eigenvalue weighted by Gasteiger charge is -2.33. The first-order valence-corrected chi connectivity index (χ1v) is 15.0. The van der Waals surface area contributed by atoms with E-state index in [0.717, 1.165) is 44.1 Å². The molecule has 1 fully saturated rings. The second-order valence-corrected chi connectivity index (χ2v) is 12.2. The molecule has 0 aliphatic heterocycles. The van der Waals surface area contributed by atoms with Gasteiger partial charge in [-0.2, -0.15) is 13.2 Å². The molecule has 1 atom stereocenters. The number of anilines is 1. The van der Waals surface area contributed by atoms with Gasteiger partial charge in [0.05, 0.1) is 22.5 Å². The molecule has 1 aliphatic carbocycles. The molecule has 1 saturated carbocycles. The number of nitrogens with zero attached hydrogens (tertiary/aromatic N) is 2. The van der Waals surface area contributed by atoms with Gasteiger partial charge in [-0.1, -0.05) is 55.1 Å². The van der Waals surface area contributed by atoms with E-state index in [1.807, 2.05) is 0 Å². The third-order valence-corrected chi connectivity index (χ3v) is 8.30. The Morgan fingerprint density at radius 1 is 1.08 bits per heavy atom. The molecule has 0 unspecified atom stereocenters. The number of carbonyl (C=O) groups excluding carboxylic acids is 2. The number of carbonyl (C=O) groups is 2. The molecule has 0 saturated heterocycles. The Morgan fingerprint density at radius 2 is 1.69 bits per heavy atom. The SMILES string of the molecule is CC[C@H](C(=O)NC1CCCC1)N(Cc1ccc(Cl)cc1)C(=O)CN(c1ccc(Cl)c(C(F)(F)F)c1)S(C)(=O)=O. The van der Waals surface area contributed by atoms with Crippen molar-refractivity contribution in [3.8, 4) is 0 Å². The molecule has 3 rings (SSSR count). The van der Waals surface area contributed by atoms with Gasteiger partial charge in [0.25, 0.3) is 0 Å². The molecule has 0 aromatic heterocycles. The highest BCUT2D eigenvalue weighted by Crippen LogP contribution is 2.37. The van der Waals surface area contributed by atoms with Crippen molar-refractivity contribution in [1.29, 1.82) is 0 Å². The van der Waals surface area contributed by atoms with Crippen LogP contribution < -0.4 is 9.62 Å². The average molecular weight is 609 g/mol. The Kier molecular flexibility index (Phi) is 10.2. The molecule has 214 valence electrons. The van der Waals surface area contributed by atoms with Crippen LogP contribution in [0, 0.1) is 0 Å². The highest BCUT2D eigenvalue weighted by atomic mass is 35.5. The van der Waals surface area contributed by atoms with E-state index in [0.29, 0.717) is 21.0 Å². The summed E-state index contributed by atoms with van der Waals surface area (Å²) in [6, 6.07) is 8.25. The third-order valence-electron chi connectivity index (χ3n) is 6.58. The van der Waals surface area contributed by atoms with E-state index in [4.69, 9.17) is 23.2 Å². The van der Waals surface area contributed by atoms with Crippen molar-refractivity contribution in [2.24, 2.45) is 0 Å². The Bertz CT molecular complexity index is 1280. The van der Waals surface area contributed by atoms with Crippen LogP contribution in [0.4, 0.5) is 18.9 Å². The zero-order valence-corrected chi connectivity index (χ0v) is 23.8. The van der Waals surface area contributed by atoms with Crippen LogP contribution in [0.5, 0.6) is 0 Å². The molecule has 7 nitrogen and oxygen atoms in total. The Morgan fingerprint density at radius 3 is 2.23 bits per heavy atom. The Labute approximate surface area is 236 Å². The number of alkyl halides is 3. The Hall–Kier alpha value is -2.50. The summed E-state index contributed by atoms with van der Waals surface area (Å²) < 4.78 is 66.4. The van der Waals surface area contributed by atoms with E-state index in [-0.39, 0.29) is 30.6 Å². The number of halogens is 5. The maximum absolute atomic E-state index is 13.7. The van der Waals surface area contributed by atoms with Crippen LogP contribution in [-0.4, -0.2) is 50.0 Å². The van der Waals surface area contributed by atoms with Crippen molar-refractivity contribution in [3.05, 3.63) is 63.6 Å². The molecule has 0 spiro atoms. The van der Waals surface area contributed by atoms with E-state index in [1.54, 1.807) is 31.2 Å². The summed E-state index contributed by atoms with van der Waals surface area (Å²) in [6.45, 7) is 0.862. The number of benzene rings is 2. The van der Waals surface area contributed by atoms with E-state index in [1.165, 1.54) is 4.90 Å². The van der Waals surface area contributed by atoms with E-state index in [9.17, 15) is 31.2 Å². The van der Waals surface area contributed by atoms with Gasteiger partial charge in [-0.25, -0.2) is 8.42 Å². The largest absolute Gasteiger partial charge is 0.417 e. The smallest absolute Gasteiger partial charge is 0.352 e. The maximum atomic E-state index is 13.7. The molecule has 1 aliphatic rings. The van der Waals surface area contributed by atoms with Crippen molar-refractivity contribution in [1.82, 2.24) is 10.2 Å². The van der Waals surface area contributed by atoms with Gasteiger partial charge in [0, 0.05) is 17.6 Å². The molecule has 1 N–H and O–H groups in total. The lowest BCUT2D eigenvalue weighted by molar-refractivity contribution is -0.140. The number of nitrogens with one attached hydrogen (secondary N) is 1. The first-order chi connectivity index (χ1) is 18.2. The van der Waals surface area contributed by atoms with Crippen LogP contribution in [0.15, 0.2) is 42.5 Å². The highest BCUT2D eigenvalue weighted by Gasteiger charge is 2.36. The number of rotatable bonds is 10. The molecule has 0 heterocycles. The predicted octanol–water partition coefficient (Wildman–Crippen LogP) is 5.64. The lowest BCUT2D eigenvalue weighted by atomic mass is 10.1. The molecule has 39 heavy (non-hydrogen) atoms. The van der Waals surface area contributed by atoms with Crippen molar-refractivity contribution in [2.75, 3.05) is 17.1 Å². The normalized spacial score (nSPS) is 15.2. The van der Waals surface area contributed by atoms with Crippen molar-refractivity contribution >= 4 is 50.7 Å². The summed E-state index contributed by atoms with van der Waals surface area (Å²) in [4.78, 5) is 28.2. The van der Waals surface area contributed by atoms with Crippen molar-refractivity contribution < 1.29 is 31.2 Å². The number of amides is 2. The predicted molar refractivity (Wildman–Crippen MR) is 145 cm³/mol. The first kappa shape index (κ1) is 31.0. The van der Waals surface area contributed by atoms with E-state index >= 15 is 0 Å². The van der Waals surface area contributed by atoms with Crippen LogP contribution in [-0.2, 0) is 32.3 Å². The van der Waals surface area contributed by atoms with Crippen molar-refractivity contribution in [2.45, 2.75) is 63.8 Å². The summed E-state index contributed by atoms with van der Waals surface area (Å²) in [6.07, 6.45) is -0.197. The van der Waals surface area contributed by atoms with Gasteiger partial charge >= 0.3 is 6.18 Å². The molecule has 0 bridgehead atoms. The fraction of sp³-hybridized carbons (Fsp3) is 0.462. The minimum Gasteiger partial charge on any atom is -0.352 e. The van der Waals surface area contributed by atoms with Gasteiger partial charge in [0.2, 0.25) is 21.8 Å². The van der Waals surface area contributed by atoms with Crippen molar-refractivity contribution in [3.63, 3.8) is 0 Å². The van der Waals surface area contributed by atoms with Crippen LogP contribution in [0.25, 0.3) is 0 Å². The fourth-order valence-corrected chi connectivity index (χ4v) is 5.77. The fourth-order valence-electron chi connectivity index (χ4n) is 4.57. The molecule has 2 aromatic rings. The second kappa shape index (κ2) is 12.8. The first-order valence-electron chi connectivity index (χ1n) is 12.4. The lowest BCUT2D eigenvalue weighted by Crippen LogP contribution is -2.53.